The van der Waals surface area contributed by atoms with E-state index in [-0.39, 0.29) is 25.7 Å². The van der Waals surface area contributed by atoms with E-state index >= 15 is 0 Å². The molecule has 23 heavy (non-hydrogen) atoms. The van der Waals surface area contributed by atoms with Gasteiger partial charge in [-0.1, -0.05) is 0 Å². The highest BCUT2D eigenvalue weighted by molar-refractivity contribution is 5.83. The molecule has 0 saturated carbocycles. The summed E-state index contributed by atoms with van der Waals surface area (Å²) in [5.74, 6) is -3.84. The van der Waals surface area contributed by atoms with Crippen molar-refractivity contribution in [3.8, 4) is 0 Å². The van der Waals surface area contributed by atoms with Crippen molar-refractivity contribution in [2.24, 2.45) is 17.2 Å². The minimum atomic E-state index is -1.17. The molecule has 0 rings (SSSR count). The van der Waals surface area contributed by atoms with Crippen LogP contribution in [0.15, 0.2) is 0 Å². The first kappa shape index (κ1) is 22.6. The first-order chi connectivity index (χ1) is 10.5. The molecule has 0 aromatic rings. The van der Waals surface area contributed by atoms with Crippen LogP contribution in [-0.4, -0.2) is 52.0 Å². The number of hydrogen-bond acceptors (Lipinski definition) is 6. The van der Waals surface area contributed by atoms with Crippen LogP contribution >= 0.6 is 0 Å². The summed E-state index contributed by atoms with van der Waals surface area (Å²) in [6.07, 6.45) is 0.0830. The number of nitrogens with two attached hydrogens (primary N) is 3. The molecule has 0 aliphatic rings. The molecule has 9 N–H and O–H groups in total. The number of nitrogens with one attached hydrogen (secondary N) is 1. The molecule has 0 spiro atoms. The zero-order valence-electron chi connectivity index (χ0n) is 12.7. The maximum absolute atomic E-state index is 10.5. The fourth-order valence-corrected chi connectivity index (χ4v) is 1.21. The van der Waals surface area contributed by atoms with Crippen LogP contribution in [0, 0.1) is 0 Å². The van der Waals surface area contributed by atoms with E-state index < -0.39 is 41.7 Å². The second-order valence-electron chi connectivity index (χ2n) is 4.55. The molecule has 0 heterocycles. The molecule has 0 aromatic carbocycles. The van der Waals surface area contributed by atoms with E-state index in [1.54, 1.807) is 0 Å². The van der Waals surface area contributed by atoms with Gasteiger partial charge in [-0.15, -0.1) is 0 Å². The van der Waals surface area contributed by atoms with Gasteiger partial charge in [0.15, 0.2) is 0 Å². The Balaban J connectivity index is 0. The van der Waals surface area contributed by atoms with Crippen LogP contribution in [0.4, 0.5) is 0 Å². The van der Waals surface area contributed by atoms with Crippen molar-refractivity contribution in [2.75, 3.05) is 0 Å². The molecule has 0 aliphatic heterocycles. The van der Waals surface area contributed by atoms with Gasteiger partial charge in [-0.2, -0.15) is 0 Å². The van der Waals surface area contributed by atoms with Crippen molar-refractivity contribution in [2.45, 2.75) is 44.7 Å². The largest absolute Gasteiger partial charge is 0.480 e. The quantitative estimate of drug-likeness (QED) is 0.264. The maximum atomic E-state index is 10.5. The van der Waals surface area contributed by atoms with Crippen molar-refractivity contribution in [1.82, 2.24) is 5.32 Å². The molecule has 2 atom stereocenters. The van der Waals surface area contributed by atoms with Gasteiger partial charge >= 0.3 is 11.9 Å². The van der Waals surface area contributed by atoms with E-state index in [4.69, 9.17) is 27.4 Å². The smallest absolute Gasteiger partial charge is 0.326 e. The number of carboxylic acid groups (broad SMARTS) is 2. The minimum Gasteiger partial charge on any atom is -0.480 e. The molecule has 3 amide bonds. The number of rotatable bonds is 9. The molecule has 0 saturated heterocycles. The van der Waals surface area contributed by atoms with Crippen LogP contribution in [0.3, 0.4) is 0 Å². The molecule has 0 aromatic heterocycles. The summed E-state index contributed by atoms with van der Waals surface area (Å²) in [7, 11) is 0. The van der Waals surface area contributed by atoms with E-state index in [1.807, 2.05) is 0 Å². The Hall–Kier alpha value is -2.69. The third kappa shape index (κ3) is 15.5. The summed E-state index contributed by atoms with van der Waals surface area (Å²) in [5.41, 5.74) is 14.6. The summed E-state index contributed by atoms with van der Waals surface area (Å²) >= 11 is 0. The van der Waals surface area contributed by atoms with E-state index in [0.717, 1.165) is 0 Å². The van der Waals surface area contributed by atoms with Gasteiger partial charge in [0, 0.05) is 19.8 Å². The van der Waals surface area contributed by atoms with Crippen molar-refractivity contribution >= 4 is 29.7 Å². The Kier molecular flexibility index (Phi) is 11.7. The molecular formula is C12H22N4O7. The van der Waals surface area contributed by atoms with Gasteiger partial charge < -0.3 is 32.7 Å². The number of carboxylic acids is 2. The van der Waals surface area contributed by atoms with Crippen molar-refractivity contribution < 1.29 is 34.2 Å². The van der Waals surface area contributed by atoms with Crippen LogP contribution < -0.4 is 22.5 Å². The average molecular weight is 334 g/mol. The van der Waals surface area contributed by atoms with Gasteiger partial charge in [-0.25, -0.2) is 4.79 Å². The molecule has 0 unspecified atom stereocenters. The van der Waals surface area contributed by atoms with Gasteiger partial charge in [-0.3, -0.25) is 19.2 Å². The third-order valence-corrected chi connectivity index (χ3v) is 2.37. The molecule has 132 valence electrons. The van der Waals surface area contributed by atoms with Crippen molar-refractivity contribution in [3.63, 3.8) is 0 Å². The first-order valence-corrected chi connectivity index (χ1v) is 6.52. The second-order valence-corrected chi connectivity index (χ2v) is 4.55. The fraction of sp³-hybridized carbons (Fsp3) is 0.583. The average Bonchev–Trinajstić information content (AvgIpc) is 2.40. The number of primary amides is 2. The Morgan fingerprint density at radius 3 is 1.65 bits per heavy atom. The molecule has 0 aliphatic carbocycles. The van der Waals surface area contributed by atoms with Crippen LogP contribution in [0.25, 0.3) is 0 Å². The molecule has 0 radical (unpaired) electrons. The highest BCUT2D eigenvalue weighted by atomic mass is 16.4. The fourth-order valence-electron chi connectivity index (χ4n) is 1.21. The van der Waals surface area contributed by atoms with Gasteiger partial charge in [0.2, 0.25) is 17.7 Å². The van der Waals surface area contributed by atoms with Crippen LogP contribution in [0.5, 0.6) is 0 Å². The van der Waals surface area contributed by atoms with Gasteiger partial charge in [-0.05, 0) is 12.8 Å². The second kappa shape index (κ2) is 11.9. The van der Waals surface area contributed by atoms with Gasteiger partial charge in [0.1, 0.15) is 12.1 Å². The van der Waals surface area contributed by atoms with E-state index in [9.17, 15) is 24.0 Å². The Bertz CT molecular complexity index is 453. The van der Waals surface area contributed by atoms with E-state index in [0.29, 0.717) is 0 Å². The molecular weight excluding hydrogens is 312 g/mol. The highest BCUT2D eigenvalue weighted by Crippen LogP contribution is 1.96. The lowest BCUT2D eigenvalue weighted by atomic mass is 10.1. The lowest BCUT2D eigenvalue weighted by Gasteiger charge is -2.11. The van der Waals surface area contributed by atoms with Crippen LogP contribution in [-0.2, 0) is 24.0 Å². The number of amides is 3. The number of carbonyl (C=O) groups is 5. The van der Waals surface area contributed by atoms with Gasteiger partial charge in [0.05, 0.1) is 0 Å². The number of aliphatic carboxylic acids is 2. The summed E-state index contributed by atoms with van der Waals surface area (Å²) in [6, 6.07) is -2.02. The molecule has 0 fully saturated rings. The summed E-state index contributed by atoms with van der Waals surface area (Å²) in [6.45, 7) is 1.21. The summed E-state index contributed by atoms with van der Waals surface area (Å²) in [4.78, 5) is 51.5. The summed E-state index contributed by atoms with van der Waals surface area (Å²) < 4.78 is 0. The molecule has 11 nitrogen and oxygen atoms in total. The minimum absolute atomic E-state index is 0.0181. The first-order valence-electron chi connectivity index (χ1n) is 6.52. The van der Waals surface area contributed by atoms with Crippen molar-refractivity contribution in [3.05, 3.63) is 0 Å². The van der Waals surface area contributed by atoms with E-state index in [2.05, 4.69) is 5.32 Å². The van der Waals surface area contributed by atoms with E-state index in [1.165, 1.54) is 6.92 Å². The number of hydrogen-bond donors (Lipinski definition) is 6. The van der Waals surface area contributed by atoms with Crippen molar-refractivity contribution in [1.29, 1.82) is 0 Å². The lowest BCUT2D eigenvalue weighted by Crippen LogP contribution is -2.40. The third-order valence-electron chi connectivity index (χ3n) is 2.37. The molecule has 0 bridgehead atoms. The zero-order valence-corrected chi connectivity index (χ0v) is 12.7. The Morgan fingerprint density at radius 2 is 1.35 bits per heavy atom. The maximum Gasteiger partial charge on any atom is 0.326 e. The Morgan fingerprint density at radius 1 is 0.913 bits per heavy atom. The standard InChI is InChI=1S/C7H12N2O4.C5H10N2O3/c1-4(10)9-5(7(12)13)2-3-6(8)11;6-3(5(9)10)1-2-4(7)8/h5H,2-3H2,1H3,(H2,8,11)(H,9,10)(H,12,13);3H,1-2,6H2,(H2,7,8)(H,9,10)/t5-;3-/m00/s1. The zero-order chi connectivity index (χ0) is 18.6. The highest BCUT2D eigenvalue weighted by Gasteiger charge is 2.18. The normalized spacial score (nSPS) is 12.1. The van der Waals surface area contributed by atoms with Crippen LogP contribution in [0.2, 0.25) is 0 Å². The topological polar surface area (TPSA) is 216 Å². The van der Waals surface area contributed by atoms with Crippen LogP contribution in [0.1, 0.15) is 32.6 Å². The predicted molar refractivity (Wildman–Crippen MR) is 77.7 cm³/mol. The Labute approximate surface area is 132 Å². The monoisotopic (exact) mass is 334 g/mol. The number of carbonyl (C=O) groups excluding carboxylic acids is 3. The predicted octanol–water partition coefficient (Wildman–Crippen LogP) is -2.49. The lowest BCUT2D eigenvalue weighted by molar-refractivity contribution is -0.142. The molecule has 11 heteroatoms. The van der Waals surface area contributed by atoms with Gasteiger partial charge in [0.25, 0.3) is 0 Å². The SMILES string of the molecule is CC(=O)N[C@@H](CCC(N)=O)C(=O)O.NC(=O)CC[C@H](N)C(=O)O. The summed E-state index contributed by atoms with van der Waals surface area (Å²) in [5, 5.41) is 19.0.